The van der Waals surface area contributed by atoms with Gasteiger partial charge in [0.25, 0.3) is 0 Å². The zero-order valence-electron chi connectivity index (χ0n) is 12.4. The number of allylic oxidation sites excluding steroid dienone is 1. The minimum atomic E-state index is 0.533. The molecule has 1 aromatic rings. The Balaban J connectivity index is 2.31. The Bertz CT molecular complexity index is 473. The van der Waals surface area contributed by atoms with Gasteiger partial charge in [0.15, 0.2) is 0 Å². The molecule has 2 unspecified atom stereocenters. The highest BCUT2D eigenvalue weighted by Gasteiger charge is 2.29. The summed E-state index contributed by atoms with van der Waals surface area (Å²) in [6, 6.07) is 5.33. The number of rotatable bonds is 3. The summed E-state index contributed by atoms with van der Waals surface area (Å²) in [5.41, 5.74) is 7.13. The lowest BCUT2D eigenvalue weighted by atomic mass is 9.91. The van der Waals surface area contributed by atoms with Gasteiger partial charge in [0.1, 0.15) is 0 Å². The van der Waals surface area contributed by atoms with Crippen LogP contribution in [0, 0.1) is 13.8 Å². The Morgan fingerprint density at radius 1 is 1.33 bits per heavy atom. The summed E-state index contributed by atoms with van der Waals surface area (Å²) in [5, 5.41) is 0. The van der Waals surface area contributed by atoms with Crippen LogP contribution in [0.2, 0.25) is 0 Å². The summed E-state index contributed by atoms with van der Waals surface area (Å²) in [7, 11) is 2.16. The van der Waals surface area contributed by atoms with Gasteiger partial charge >= 0.3 is 0 Å². The van der Waals surface area contributed by atoms with Gasteiger partial charge in [-0.1, -0.05) is 18.7 Å². The van der Waals surface area contributed by atoms with Gasteiger partial charge in [0, 0.05) is 24.7 Å². The minimum absolute atomic E-state index is 0.533. The second kappa shape index (κ2) is 4.79. The highest BCUT2D eigenvalue weighted by atomic mass is 15.1. The predicted molar refractivity (Wildman–Crippen MR) is 79.0 cm³/mol. The van der Waals surface area contributed by atoms with Crippen LogP contribution >= 0.6 is 0 Å². The number of hydrogen-bond acceptors (Lipinski definition) is 1. The van der Waals surface area contributed by atoms with Crippen molar-refractivity contribution in [1.82, 2.24) is 4.90 Å². The van der Waals surface area contributed by atoms with E-state index in [4.69, 9.17) is 0 Å². The number of nitrogens with zero attached hydrogens (tertiary/aromatic N) is 1. The van der Waals surface area contributed by atoms with Gasteiger partial charge in [-0.3, -0.25) is 0 Å². The molecule has 0 heterocycles. The molecule has 0 saturated heterocycles. The molecular formula is C17H25N. The van der Waals surface area contributed by atoms with Gasteiger partial charge in [0.05, 0.1) is 0 Å². The van der Waals surface area contributed by atoms with E-state index >= 15 is 0 Å². The van der Waals surface area contributed by atoms with E-state index in [-0.39, 0.29) is 0 Å². The first-order chi connectivity index (χ1) is 8.41. The van der Waals surface area contributed by atoms with Crippen LogP contribution in [-0.2, 0) is 6.42 Å². The fourth-order valence-corrected chi connectivity index (χ4v) is 3.05. The second-order valence-corrected chi connectivity index (χ2v) is 5.87. The van der Waals surface area contributed by atoms with E-state index in [1.165, 1.54) is 24.0 Å². The number of likely N-dealkylation sites (N-methyl/N-ethyl adjacent to an activating group) is 1. The molecule has 0 saturated carbocycles. The maximum absolute atomic E-state index is 4.06. The van der Waals surface area contributed by atoms with E-state index < -0.39 is 0 Å². The fourth-order valence-electron chi connectivity index (χ4n) is 3.05. The van der Waals surface area contributed by atoms with Crippen LogP contribution in [0.5, 0.6) is 0 Å². The summed E-state index contributed by atoms with van der Waals surface area (Å²) in [6.07, 6.45) is 2.51. The summed E-state index contributed by atoms with van der Waals surface area (Å²) in [6.45, 7) is 12.9. The summed E-state index contributed by atoms with van der Waals surface area (Å²) < 4.78 is 0. The monoisotopic (exact) mass is 243 g/mol. The van der Waals surface area contributed by atoms with E-state index in [2.05, 4.69) is 58.4 Å². The van der Waals surface area contributed by atoms with E-state index in [1.807, 2.05) is 0 Å². The Morgan fingerprint density at radius 3 is 2.56 bits per heavy atom. The Hall–Kier alpha value is -1.24. The summed E-state index contributed by atoms with van der Waals surface area (Å²) in [4.78, 5) is 2.31. The molecule has 1 aliphatic carbocycles. The van der Waals surface area contributed by atoms with Crippen molar-refractivity contribution in [3.63, 3.8) is 0 Å². The molecule has 0 aliphatic heterocycles. The highest BCUT2D eigenvalue weighted by Crippen LogP contribution is 2.38. The first-order valence-electron chi connectivity index (χ1n) is 6.90. The van der Waals surface area contributed by atoms with E-state index in [9.17, 15) is 0 Å². The SMILES string of the molecule is C=C(C)N(C)C(C)C1CCc2cc(C)c(C)cc21. The molecule has 0 radical (unpaired) electrons. The van der Waals surface area contributed by atoms with Gasteiger partial charge in [-0.2, -0.15) is 0 Å². The predicted octanol–water partition coefficient (Wildman–Crippen LogP) is 4.19. The normalized spacial score (nSPS) is 19.5. The number of aryl methyl sites for hydroxylation is 3. The van der Waals surface area contributed by atoms with Crippen LogP contribution in [0.15, 0.2) is 24.4 Å². The Labute approximate surface area is 112 Å². The molecule has 0 bridgehead atoms. The van der Waals surface area contributed by atoms with Crippen LogP contribution in [0.25, 0.3) is 0 Å². The van der Waals surface area contributed by atoms with Gasteiger partial charge < -0.3 is 4.90 Å². The third kappa shape index (κ3) is 2.19. The second-order valence-electron chi connectivity index (χ2n) is 5.87. The fraction of sp³-hybridized carbons (Fsp3) is 0.529. The number of hydrogen-bond donors (Lipinski definition) is 0. The van der Waals surface area contributed by atoms with Gasteiger partial charge in [-0.05, 0) is 62.8 Å². The third-order valence-electron chi connectivity index (χ3n) is 4.68. The molecule has 2 rings (SSSR count). The molecule has 1 aliphatic rings. The molecule has 0 spiro atoms. The Morgan fingerprint density at radius 2 is 1.94 bits per heavy atom. The molecule has 0 aromatic heterocycles. The van der Waals surface area contributed by atoms with E-state index in [0.29, 0.717) is 12.0 Å². The molecule has 98 valence electrons. The number of benzene rings is 1. The zero-order chi connectivity index (χ0) is 13.4. The number of fused-ring (bicyclic) bond motifs is 1. The van der Waals surface area contributed by atoms with Gasteiger partial charge in [-0.25, -0.2) is 0 Å². The van der Waals surface area contributed by atoms with Crippen LogP contribution in [0.3, 0.4) is 0 Å². The Kier molecular flexibility index (Phi) is 3.52. The lowest BCUT2D eigenvalue weighted by Crippen LogP contribution is -2.31. The minimum Gasteiger partial charge on any atom is -0.375 e. The average Bonchev–Trinajstić information content (AvgIpc) is 2.70. The van der Waals surface area contributed by atoms with Crippen LogP contribution in [0.1, 0.15) is 48.4 Å². The molecule has 0 amide bonds. The van der Waals surface area contributed by atoms with Crippen molar-refractivity contribution in [2.45, 2.75) is 52.5 Å². The van der Waals surface area contributed by atoms with Crippen molar-refractivity contribution in [1.29, 1.82) is 0 Å². The van der Waals surface area contributed by atoms with Gasteiger partial charge in [-0.15, -0.1) is 0 Å². The molecule has 0 fully saturated rings. The summed E-state index contributed by atoms with van der Waals surface area (Å²) in [5.74, 6) is 0.654. The lowest BCUT2D eigenvalue weighted by Gasteiger charge is -2.32. The van der Waals surface area contributed by atoms with Crippen molar-refractivity contribution < 1.29 is 0 Å². The van der Waals surface area contributed by atoms with E-state index in [0.717, 1.165) is 5.70 Å². The highest BCUT2D eigenvalue weighted by molar-refractivity contribution is 5.43. The maximum atomic E-state index is 4.06. The lowest BCUT2D eigenvalue weighted by molar-refractivity contribution is 0.280. The van der Waals surface area contributed by atoms with Crippen molar-refractivity contribution in [2.24, 2.45) is 0 Å². The van der Waals surface area contributed by atoms with Crippen molar-refractivity contribution in [2.75, 3.05) is 7.05 Å². The topological polar surface area (TPSA) is 3.24 Å². The molecule has 2 atom stereocenters. The molecule has 1 heteroatoms. The molecular weight excluding hydrogens is 218 g/mol. The molecule has 0 N–H and O–H groups in total. The third-order valence-corrected chi connectivity index (χ3v) is 4.68. The van der Waals surface area contributed by atoms with Crippen molar-refractivity contribution in [3.8, 4) is 0 Å². The zero-order valence-corrected chi connectivity index (χ0v) is 12.4. The smallest absolute Gasteiger partial charge is 0.0323 e. The van der Waals surface area contributed by atoms with Crippen LogP contribution in [0.4, 0.5) is 0 Å². The van der Waals surface area contributed by atoms with E-state index in [1.54, 1.807) is 11.1 Å². The van der Waals surface area contributed by atoms with Crippen molar-refractivity contribution >= 4 is 0 Å². The van der Waals surface area contributed by atoms with Gasteiger partial charge in [0.2, 0.25) is 0 Å². The van der Waals surface area contributed by atoms with Crippen LogP contribution < -0.4 is 0 Å². The molecule has 1 nitrogen and oxygen atoms in total. The molecule has 1 aromatic carbocycles. The van der Waals surface area contributed by atoms with Crippen molar-refractivity contribution in [3.05, 3.63) is 46.7 Å². The maximum Gasteiger partial charge on any atom is 0.0323 e. The average molecular weight is 243 g/mol. The largest absolute Gasteiger partial charge is 0.375 e. The first kappa shape index (κ1) is 13.2. The van der Waals surface area contributed by atoms with Crippen LogP contribution in [-0.4, -0.2) is 18.0 Å². The first-order valence-corrected chi connectivity index (χ1v) is 6.90. The quantitative estimate of drug-likeness (QED) is 0.769. The molecule has 18 heavy (non-hydrogen) atoms. The standard InChI is InChI=1S/C17H25N/c1-11(2)18(6)14(5)16-8-7-15-9-12(3)13(4)10-17(15)16/h9-10,14,16H,1,7-8H2,2-6H3. The summed E-state index contributed by atoms with van der Waals surface area (Å²) >= 11 is 0.